The quantitative estimate of drug-likeness (QED) is 0.775. The highest BCUT2D eigenvalue weighted by Gasteiger charge is 2.20. The number of aromatic nitrogens is 2. The predicted octanol–water partition coefficient (Wildman–Crippen LogP) is 1.92. The van der Waals surface area contributed by atoms with E-state index < -0.39 is 11.6 Å². The van der Waals surface area contributed by atoms with Crippen LogP contribution in [-0.4, -0.2) is 23.1 Å². The van der Waals surface area contributed by atoms with E-state index in [2.05, 4.69) is 15.3 Å². The van der Waals surface area contributed by atoms with Gasteiger partial charge in [0.05, 0.1) is 11.0 Å². The number of imidazole rings is 1. The minimum absolute atomic E-state index is 0.318. The predicted molar refractivity (Wildman–Crippen MR) is 56.2 cm³/mol. The lowest BCUT2D eigenvalue weighted by atomic mass is 10.1. The van der Waals surface area contributed by atoms with Crippen LogP contribution in [0.1, 0.15) is 18.2 Å². The van der Waals surface area contributed by atoms with E-state index in [1.807, 2.05) is 0 Å². The number of benzene rings is 1. The minimum Gasteiger partial charge on any atom is -0.342 e. The third kappa shape index (κ3) is 1.48. The van der Waals surface area contributed by atoms with Gasteiger partial charge in [-0.05, 0) is 13.0 Å². The van der Waals surface area contributed by atoms with E-state index in [9.17, 15) is 8.78 Å². The third-order valence-corrected chi connectivity index (χ3v) is 2.99. The number of aromatic amines is 1. The highest BCUT2D eigenvalue weighted by Crippen LogP contribution is 2.23. The molecule has 3 nitrogen and oxygen atoms in total. The standard InChI is InChI=1S/C11H11F2N3/c12-7-3-9-10(4-8(7)13)16-11(15-9)6-1-2-14-5-6/h3-4,6,14H,1-2,5H2,(H,15,16). The van der Waals surface area contributed by atoms with Gasteiger partial charge in [0.2, 0.25) is 0 Å². The molecule has 2 heterocycles. The molecule has 1 aromatic heterocycles. The molecule has 1 aliphatic heterocycles. The van der Waals surface area contributed by atoms with Crippen molar-refractivity contribution in [1.82, 2.24) is 15.3 Å². The summed E-state index contributed by atoms with van der Waals surface area (Å²) in [5.41, 5.74) is 1.04. The Morgan fingerprint density at radius 2 is 2.06 bits per heavy atom. The zero-order valence-electron chi connectivity index (χ0n) is 8.56. The number of hydrogen-bond donors (Lipinski definition) is 2. The van der Waals surface area contributed by atoms with E-state index >= 15 is 0 Å². The van der Waals surface area contributed by atoms with Crippen molar-refractivity contribution >= 4 is 11.0 Å². The molecule has 0 spiro atoms. The van der Waals surface area contributed by atoms with Crippen LogP contribution in [0.4, 0.5) is 8.78 Å². The number of rotatable bonds is 1. The van der Waals surface area contributed by atoms with Gasteiger partial charge in [-0.15, -0.1) is 0 Å². The largest absolute Gasteiger partial charge is 0.342 e. The fourth-order valence-electron chi connectivity index (χ4n) is 2.11. The van der Waals surface area contributed by atoms with E-state index in [1.165, 1.54) is 0 Å². The van der Waals surface area contributed by atoms with Crippen molar-refractivity contribution in [3.8, 4) is 0 Å². The Morgan fingerprint density at radius 3 is 2.81 bits per heavy atom. The molecule has 84 valence electrons. The van der Waals surface area contributed by atoms with Gasteiger partial charge in [-0.25, -0.2) is 13.8 Å². The second-order valence-corrected chi connectivity index (χ2v) is 4.10. The van der Waals surface area contributed by atoms with Gasteiger partial charge in [0.25, 0.3) is 0 Å². The average molecular weight is 223 g/mol. The second kappa shape index (κ2) is 3.52. The number of nitrogens with zero attached hydrogens (tertiary/aromatic N) is 1. The Bertz CT molecular complexity index is 490. The third-order valence-electron chi connectivity index (χ3n) is 2.99. The maximum atomic E-state index is 13.0. The van der Waals surface area contributed by atoms with E-state index in [4.69, 9.17) is 0 Å². The SMILES string of the molecule is Fc1cc2nc(C3CCNC3)[nH]c2cc1F. The molecule has 3 rings (SSSR count). The molecule has 0 saturated carbocycles. The normalized spacial score (nSPS) is 20.8. The van der Waals surface area contributed by atoms with Crippen molar-refractivity contribution in [3.05, 3.63) is 29.6 Å². The molecule has 0 amide bonds. The number of fused-ring (bicyclic) bond motifs is 1. The van der Waals surface area contributed by atoms with E-state index in [0.717, 1.165) is 37.5 Å². The molecule has 5 heteroatoms. The molecular formula is C11H11F2N3. The van der Waals surface area contributed by atoms with Gasteiger partial charge in [0, 0.05) is 24.6 Å². The van der Waals surface area contributed by atoms with Crippen molar-refractivity contribution in [3.63, 3.8) is 0 Å². The molecule has 1 unspecified atom stereocenters. The smallest absolute Gasteiger partial charge is 0.161 e. The van der Waals surface area contributed by atoms with Gasteiger partial charge in [-0.3, -0.25) is 0 Å². The summed E-state index contributed by atoms with van der Waals surface area (Å²) in [6, 6.07) is 2.29. The Morgan fingerprint density at radius 1 is 1.25 bits per heavy atom. The number of hydrogen-bond acceptors (Lipinski definition) is 2. The van der Waals surface area contributed by atoms with E-state index in [1.54, 1.807) is 0 Å². The van der Waals surface area contributed by atoms with Crippen LogP contribution in [-0.2, 0) is 0 Å². The highest BCUT2D eigenvalue weighted by atomic mass is 19.2. The van der Waals surface area contributed by atoms with Crippen molar-refractivity contribution < 1.29 is 8.78 Å². The maximum Gasteiger partial charge on any atom is 0.161 e. The maximum absolute atomic E-state index is 13.0. The van der Waals surface area contributed by atoms with Crippen LogP contribution in [0.3, 0.4) is 0 Å². The van der Waals surface area contributed by atoms with E-state index in [0.29, 0.717) is 17.0 Å². The zero-order chi connectivity index (χ0) is 11.1. The Labute approximate surface area is 90.9 Å². The lowest BCUT2D eigenvalue weighted by molar-refractivity contribution is 0.510. The first-order valence-corrected chi connectivity index (χ1v) is 5.29. The summed E-state index contributed by atoms with van der Waals surface area (Å²) in [6.07, 6.45) is 1.00. The molecule has 0 aliphatic carbocycles. The summed E-state index contributed by atoms with van der Waals surface area (Å²) in [7, 11) is 0. The second-order valence-electron chi connectivity index (χ2n) is 4.10. The van der Waals surface area contributed by atoms with Crippen molar-refractivity contribution in [2.75, 3.05) is 13.1 Å². The molecule has 1 atom stereocenters. The van der Waals surface area contributed by atoms with Crippen LogP contribution in [0, 0.1) is 11.6 Å². The van der Waals surface area contributed by atoms with Crippen molar-refractivity contribution in [1.29, 1.82) is 0 Å². The molecule has 0 radical (unpaired) electrons. The van der Waals surface area contributed by atoms with Gasteiger partial charge < -0.3 is 10.3 Å². The van der Waals surface area contributed by atoms with E-state index in [-0.39, 0.29) is 0 Å². The van der Waals surface area contributed by atoms with Crippen LogP contribution in [0.2, 0.25) is 0 Å². The van der Waals surface area contributed by atoms with Crippen LogP contribution in [0.5, 0.6) is 0 Å². The Hall–Kier alpha value is -1.49. The lowest BCUT2D eigenvalue weighted by Gasteiger charge is -2.01. The molecule has 16 heavy (non-hydrogen) atoms. The van der Waals surface area contributed by atoms with Gasteiger partial charge >= 0.3 is 0 Å². The molecule has 2 N–H and O–H groups in total. The van der Waals surface area contributed by atoms with Crippen LogP contribution in [0.15, 0.2) is 12.1 Å². The molecule has 1 aliphatic rings. The molecular weight excluding hydrogens is 212 g/mol. The van der Waals surface area contributed by atoms with Crippen LogP contribution in [0.25, 0.3) is 11.0 Å². The average Bonchev–Trinajstić information content (AvgIpc) is 2.86. The minimum atomic E-state index is -0.852. The van der Waals surface area contributed by atoms with Crippen LogP contribution < -0.4 is 5.32 Å². The summed E-state index contributed by atoms with van der Waals surface area (Å²) < 4.78 is 26.0. The van der Waals surface area contributed by atoms with Gasteiger partial charge in [-0.1, -0.05) is 0 Å². The summed E-state index contributed by atoms with van der Waals surface area (Å²) in [4.78, 5) is 7.34. The van der Waals surface area contributed by atoms with Gasteiger partial charge in [-0.2, -0.15) is 0 Å². The van der Waals surface area contributed by atoms with Crippen LogP contribution >= 0.6 is 0 Å². The number of halogens is 2. The topological polar surface area (TPSA) is 40.7 Å². The first-order chi connectivity index (χ1) is 7.74. The molecule has 1 aromatic carbocycles. The summed E-state index contributed by atoms with van der Waals surface area (Å²) in [5, 5.41) is 3.23. The van der Waals surface area contributed by atoms with Gasteiger partial charge in [0.1, 0.15) is 5.82 Å². The first kappa shape index (κ1) is 9.72. The van der Waals surface area contributed by atoms with Gasteiger partial charge in [0.15, 0.2) is 11.6 Å². The van der Waals surface area contributed by atoms with Crippen molar-refractivity contribution in [2.45, 2.75) is 12.3 Å². The number of H-pyrrole nitrogens is 1. The molecule has 1 saturated heterocycles. The molecule has 0 bridgehead atoms. The number of nitrogens with one attached hydrogen (secondary N) is 2. The Balaban J connectivity index is 2.08. The first-order valence-electron chi connectivity index (χ1n) is 5.29. The molecule has 2 aromatic rings. The fraction of sp³-hybridized carbons (Fsp3) is 0.364. The summed E-state index contributed by atoms with van der Waals surface area (Å²) >= 11 is 0. The molecule has 1 fully saturated rings. The monoisotopic (exact) mass is 223 g/mol. The highest BCUT2D eigenvalue weighted by molar-refractivity contribution is 5.75. The zero-order valence-corrected chi connectivity index (χ0v) is 8.56. The Kier molecular flexibility index (Phi) is 2.14. The summed E-state index contributed by atoms with van der Waals surface area (Å²) in [6.45, 7) is 1.83. The summed E-state index contributed by atoms with van der Waals surface area (Å²) in [5.74, 6) is -0.564. The van der Waals surface area contributed by atoms with Crippen molar-refractivity contribution in [2.24, 2.45) is 0 Å². The fourth-order valence-corrected chi connectivity index (χ4v) is 2.11. The lowest BCUT2D eigenvalue weighted by Crippen LogP contribution is -2.08.